The molecule has 0 unspecified atom stereocenters. The maximum atomic E-state index is 2.51. The highest BCUT2D eigenvalue weighted by Gasteiger charge is 2.24. The van der Waals surface area contributed by atoms with E-state index in [4.69, 9.17) is 0 Å². The van der Waals surface area contributed by atoms with Gasteiger partial charge in [0.15, 0.2) is 0 Å². The van der Waals surface area contributed by atoms with Gasteiger partial charge in [-0.2, -0.15) is 0 Å². The second-order valence-corrected chi connectivity index (χ2v) is 24.1. The molecule has 0 radical (unpaired) electrons. The zero-order chi connectivity index (χ0) is 34.7. The van der Waals surface area contributed by atoms with Crippen LogP contribution in [0.4, 0.5) is 0 Å². The lowest BCUT2D eigenvalue weighted by molar-refractivity contribution is 1.77. The summed E-state index contributed by atoms with van der Waals surface area (Å²) in [6, 6.07) is 51.7. The predicted octanol–water partition coefficient (Wildman–Crippen LogP) is 15.7. The standard InChI is InChI=1S/C25H20S2Si.C22H12S2/c1-28(2,3)21-14-15-12-13-20-23(16-8-4-6-10-18(16)26-20)22(15)24-17-9-5-7-11-19(17)27-25(21)24;1-3-7-16-14(5-1)21-18(23-16)11-9-13-10-12-19-22(20(13)21)15-6-2-4-8-17(15)24-19/h4-14H,1-3H3;1-12H. The Morgan fingerprint density at radius 3 is 1.13 bits per heavy atom. The van der Waals surface area contributed by atoms with Gasteiger partial charge in [-0.05, 0) is 58.4 Å². The second kappa shape index (κ2) is 11.4. The van der Waals surface area contributed by atoms with Crippen LogP contribution in [0, 0.1) is 0 Å². The maximum absolute atomic E-state index is 2.51. The monoisotopic (exact) mass is 752 g/mol. The fraction of sp³-hybridized carbons (Fsp3) is 0.0638. The van der Waals surface area contributed by atoms with Gasteiger partial charge >= 0.3 is 0 Å². The minimum Gasteiger partial charge on any atom is -0.135 e. The first-order valence-electron chi connectivity index (χ1n) is 17.8. The zero-order valence-corrected chi connectivity index (χ0v) is 33.2. The summed E-state index contributed by atoms with van der Waals surface area (Å²) < 4.78 is 11.2. The molecule has 0 fully saturated rings. The largest absolute Gasteiger partial charge is 0.135 e. The van der Waals surface area contributed by atoms with Crippen molar-refractivity contribution < 1.29 is 0 Å². The fourth-order valence-corrected chi connectivity index (χ4v) is 15.3. The number of thiophene rings is 4. The van der Waals surface area contributed by atoms with Crippen LogP contribution in [-0.2, 0) is 0 Å². The van der Waals surface area contributed by atoms with E-state index < -0.39 is 8.07 Å². The van der Waals surface area contributed by atoms with Crippen molar-refractivity contribution in [2.24, 2.45) is 0 Å². The Morgan fingerprint density at radius 1 is 0.327 bits per heavy atom. The van der Waals surface area contributed by atoms with Gasteiger partial charge in [0.05, 0.1) is 8.07 Å². The molecule has 0 spiro atoms. The zero-order valence-electron chi connectivity index (χ0n) is 28.9. The third kappa shape index (κ3) is 4.53. The number of hydrogen-bond donors (Lipinski definition) is 0. The summed E-state index contributed by atoms with van der Waals surface area (Å²) in [6.07, 6.45) is 0. The van der Waals surface area contributed by atoms with E-state index in [1.165, 1.54) is 102 Å². The van der Waals surface area contributed by atoms with Crippen molar-refractivity contribution in [1.82, 2.24) is 0 Å². The van der Waals surface area contributed by atoms with Crippen LogP contribution in [-0.4, -0.2) is 8.07 Å². The molecule has 0 saturated carbocycles. The lowest BCUT2D eigenvalue weighted by Crippen LogP contribution is -2.37. The summed E-state index contributed by atoms with van der Waals surface area (Å²) in [5.41, 5.74) is 0. The first-order valence-corrected chi connectivity index (χ1v) is 24.5. The molecule has 0 aliphatic heterocycles. The number of rotatable bonds is 1. The van der Waals surface area contributed by atoms with Crippen molar-refractivity contribution in [3.05, 3.63) is 140 Å². The van der Waals surface area contributed by atoms with Crippen LogP contribution in [0.15, 0.2) is 140 Å². The van der Waals surface area contributed by atoms with E-state index in [0.717, 1.165) is 0 Å². The molecule has 8 aromatic carbocycles. The van der Waals surface area contributed by atoms with E-state index in [9.17, 15) is 0 Å². The van der Waals surface area contributed by atoms with Crippen molar-refractivity contribution in [1.29, 1.82) is 0 Å². The molecule has 4 aromatic heterocycles. The lowest BCUT2D eigenvalue weighted by atomic mass is 9.99. The Hall–Kier alpha value is -4.62. The average Bonchev–Trinajstić information content (AvgIpc) is 3.93. The molecular formula is C47H32S4Si. The van der Waals surface area contributed by atoms with Gasteiger partial charge in [-0.25, -0.2) is 0 Å². The topological polar surface area (TPSA) is 0 Å². The summed E-state index contributed by atoms with van der Waals surface area (Å²) in [5, 5.41) is 18.5. The van der Waals surface area contributed by atoms with Crippen LogP contribution in [0.25, 0.3) is 102 Å². The van der Waals surface area contributed by atoms with Crippen LogP contribution >= 0.6 is 45.3 Å². The Bertz CT molecular complexity index is 3300. The van der Waals surface area contributed by atoms with Crippen molar-refractivity contribution in [3.63, 3.8) is 0 Å². The third-order valence-corrected chi connectivity index (χ3v) is 17.4. The van der Waals surface area contributed by atoms with E-state index in [2.05, 4.69) is 159 Å². The maximum Gasteiger partial charge on any atom is 0.0795 e. The molecule has 12 rings (SSSR count). The Labute approximate surface area is 317 Å². The van der Waals surface area contributed by atoms with E-state index in [0.29, 0.717) is 0 Å². The normalized spacial score (nSPS) is 12.5. The van der Waals surface area contributed by atoms with E-state index >= 15 is 0 Å². The molecule has 0 N–H and O–H groups in total. The van der Waals surface area contributed by atoms with Crippen LogP contribution in [0.2, 0.25) is 19.6 Å². The summed E-state index contributed by atoms with van der Waals surface area (Å²) in [4.78, 5) is 0. The Kier molecular flexibility index (Phi) is 6.81. The van der Waals surface area contributed by atoms with Crippen molar-refractivity contribution in [3.8, 4) is 0 Å². The molecule has 0 amide bonds. The first-order chi connectivity index (χ1) is 25.4. The molecule has 0 bridgehead atoms. The van der Waals surface area contributed by atoms with E-state index in [1.54, 1.807) is 5.19 Å². The van der Waals surface area contributed by atoms with Crippen LogP contribution in [0.1, 0.15) is 0 Å². The molecule has 0 aliphatic rings. The summed E-state index contributed by atoms with van der Waals surface area (Å²) in [5.74, 6) is 0. The molecule has 0 nitrogen and oxygen atoms in total. The smallest absolute Gasteiger partial charge is 0.0795 e. The van der Waals surface area contributed by atoms with Crippen LogP contribution in [0.3, 0.4) is 0 Å². The first kappa shape index (κ1) is 31.0. The van der Waals surface area contributed by atoms with Crippen LogP contribution < -0.4 is 5.19 Å². The Morgan fingerprint density at radius 2 is 0.692 bits per heavy atom. The highest BCUT2D eigenvalue weighted by atomic mass is 32.1. The summed E-state index contributed by atoms with van der Waals surface area (Å²) >= 11 is 7.69. The van der Waals surface area contributed by atoms with Crippen LogP contribution in [0.5, 0.6) is 0 Å². The minimum atomic E-state index is -1.47. The quantitative estimate of drug-likeness (QED) is 0.147. The second-order valence-electron chi connectivity index (χ2n) is 14.8. The molecule has 0 aliphatic carbocycles. The van der Waals surface area contributed by atoms with Gasteiger partial charge in [0.2, 0.25) is 0 Å². The molecule has 12 aromatic rings. The molecular weight excluding hydrogens is 721 g/mol. The molecule has 0 atom stereocenters. The van der Waals surface area contributed by atoms with Gasteiger partial charge in [0.1, 0.15) is 0 Å². The lowest BCUT2D eigenvalue weighted by Gasteiger charge is -2.19. The summed E-state index contributed by atoms with van der Waals surface area (Å²) in [6.45, 7) is 7.41. The third-order valence-electron chi connectivity index (χ3n) is 10.6. The van der Waals surface area contributed by atoms with Gasteiger partial charge in [0.25, 0.3) is 0 Å². The highest BCUT2D eigenvalue weighted by Crippen LogP contribution is 2.47. The SMILES string of the molecule is C[Si](C)(C)c1cc2ccc3sc4ccccc4c3c2c2c1sc1ccccc12.c1ccc2c(c1)sc1ccc3ccc4sc5ccccc5c4c3c12. The van der Waals surface area contributed by atoms with Gasteiger partial charge in [-0.1, -0.05) is 117 Å². The number of hydrogen-bond acceptors (Lipinski definition) is 4. The van der Waals surface area contributed by atoms with Gasteiger partial charge < -0.3 is 0 Å². The van der Waals surface area contributed by atoms with Crippen molar-refractivity contribution >= 4 is 161 Å². The van der Waals surface area contributed by atoms with Gasteiger partial charge in [-0.15, -0.1) is 45.3 Å². The molecule has 248 valence electrons. The number of benzene rings is 8. The fourth-order valence-electron chi connectivity index (χ4n) is 8.33. The van der Waals surface area contributed by atoms with Gasteiger partial charge in [-0.3, -0.25) is 0 Å². The average molecular weight is 753 g/mol. The van der Waals surface area contributed by atoms with Crippen molar-refractivity contribution in [2.75, 3.05) is 0 Å². The molecule has 5 heteroatoms. The Balaban J connectivity index is 0.000000125. The van der Waals surface area contributed by atoms with Crippen molar-refractivity contribution in [2.45, 2.75) is 19.6 Å². The van der Waals surface area contributed by atoms with Gasteiger partial charge in [0, 0.05) is 91.5 Å². The van der Waals surface area contributed by atoms with E-state index in [1.807, 2.05) is 45.3 Å². The number of fused-ring (bicyclic) bond motifs is 18. The van der Waals surface area contributed by atoms with E-state index in [-0.39, 0.29) is 0 Å². The molecule has 0 saturated heterocycles. The predicted molar refractivity (Wildman–Crippen MR) is 242 cm³/mol. The summed E-state index contributed by atoms with van der Waals surface area (Å²) in [7, 11) is -1.47. The molecule has 52 heavy (non-hydrogen) atoms. The highest BCUT2D eigenvalue weighted by molar-refractivity contribution is 7.28. The molecule has 4 heterocycles. The minimum absolute atomic E-state index is 1.34.